The van der Waals surface area contributed by atoms with E-state index in [0.29, 0.717) is 13.0 Å². The molecule has 1 N–H and O–H groups in total. The maximum absolute atomic E-state index is 14.0. The number of benzene rings is 3. The number of carbonyl (C=O) groups excluding carboxylic acids is 2. The van der Waals surface area contributed by atoms with Crippen LogP contribution in [-0.2, 0) is 26.2 Å². The lowest BCUT2D eigenvalue weighted by molar-refractivity contribution is -0.140. The highest BCUT2D eigenvalue weighted by Crippen LogP contribution is 2.25. The van der Waals surface area contributed by atoms with Gasteiger partial charge in [0.2, 0.25) is 11.8 Å². The molecule has 0 unspecified atom stereocenters. The van der Waals surface area contributed by atoms with Gasteiger partial charge in [-0.1, -0.05) is 62.7 Å². The van der Waals surface area contributed by atoms with E-state index in [2.05, 4.69) is 5.32 Å². The van der Waals surface area contributed by atoms with Crippen molar-refractivity contribution in [3.8, 4) is 0 Å². The second-order valence-electron chi connectivity index (χ2n) is 9.32. The number of sulfonamides is 1. The first kappa shape index (κ1) is 29.8. The molecule has 0 spiro atoms. The van der Waals surface area contributed by atoms with Crippen LogP contribution in [0, 0.1) is 12.7 Å². The Bertz CT molecular complexity index is 1350. The molecule has 0 heterocycles. The average Bonchev–Trinajstić information content (AvgIpc) is 2.93. The molecule has 3 aromatic carbocycles. The summed E-state index contributed by atoms with van der Waals surface area (Å²) in [5.74, 6) is -1.36. The third kappa shape index (κ3) is 7.66. The molecule has 0 bridgehead atoms. The topological polar surface area (TPSA) is 86.8 Å². The van der Waals surface area contributed by atoms with Crippen LogP contribution in [0.15, 0.2) is 83.8 Å². The van der Waals surface area contributed by atoms with Crippen molar-refractivity contribution >= 4 is 27.5 Å². The molecule has 0 aliphatic heterocycles. The lowest BCUT2D eigenvalue weighted by Gasteiger charge is -2.33. The Kier molecular flexibility index (Phi) is 10.6. The van der Waals surface area contributed by atoms with Crippen molar-refractivity contribution in [1.82, 2.24) is 10.2 Å². The quantitative estimate of drug-likeness (QED) is 0.300. The number of nitrogens with one attached hydrogen (secondary N) is 1. The van der Waals surface area contributed by atoms with Gasteiger partial charge in [-0.25, -0.2) is 12.8 Å². The Morgan fingerprint density at radius 2 is 1.56 bits per heavy atom. The van der Waals surface area contributed by atoms with E-state index in [1.807, 2.05) is 45.0 Å². The first-order valence-corrected chi connectivity index (χ1v) is 14.6. The van der Waals surface area contributed by atoms with Gasteiger partial charge in [0, 0.05) is 13.1 Å². The highest BCUT2D eigenvalue weighted by atomic mass is 32.2. The average molecular weight is 554 g/mol. The van der Waals surface area contributed by atoms with Crippen LogP contribution in [0.3, 0.4) is 0 Å². The first-order valence-electron chi connectivity index (χ1n) is 13.1. The summed E-state index contributed by atoms with van der Waals surface area (Å²) in [6.45, 7) is 5.82. The van der Waals surface area contributed by atoms with E-state index in [4.69, 9.17) is 0 Å². The van der Waals surface area contributed by atoms with Gasteiger partial charge >= 0.3 is 0 Å². The molecule has 0 radical (unpaired) electrons. The molecule has 7 nitrogen and oxygen atoms in total. The maximum atomic E-state index is 14.0. The number of hydrogen-bond acceptors (Lipinski definition) is 4. The fourth-order valence-corrected chi connectivity index (χ4v) is 5.69. The molecule has 0 aliphatic carbocycles. The minimum atomic E-state index is -4.18. The highest BCUT2D eigenvalue weighted by molar-refractivity contribution is 7.92. The number of halogens is 1. The summed E-state index contributed by atoms with van der Waals surface area (Å²) in [7, 11) is -4.18. The van der Waals surface area contributed by atoms with Crippen LogP contribution in [0.2, 0.25) is 0 Å². The number of amides is 2. The second kappa shape index (κ2) is 13.9. The Hall–Kier alpha value is -3.72. The van der Waals surface area contributed by atoms with E-state index in [-0.39, 0.29) is 23.0 Å². The van der Waals surface area contributed by atoms with E-state index in [9.17, 15) is 22.4 Å². The molecule has 0 saturated carbocycles. The van der Waals surface area contributed by atoms with Gasteiger partial charge < -0.3 is 10.2 Å². The van der Waals surface area contributed by atoms with Crippen LogP contribution in [0.1, 0.15) is 44.2 Å². The Balaban J connectivity index is 2.02. The Labute approximate surface area is 230 Å². The smallest absolute Gasteiger partial charge is 0.264 e. The van der Waals surface area contributed by atoms with Crippen molar-refractivity contribution in [3.63, 3.8) is 0 Å². The molecule has 3 aromatic rings. The normalized spacial score (nSPS) is 12.0. The van der Waals surface area contributed by atoms with Crippen LogP contribution in [0.4, 0.5) is 10.1 Å². The number of hydrogen-bond donors (Lipinski definition) is 1. The second-order valence-corrected chi connectivity index (χ2v) is 11.2. The van der Waals surface area contributed by atoms with E-state index in [1.54, 1.807) is 18.2 Å². The van der Waals surface area contributed by atoms with Gasteiger partial charge in [0.05, 0.1) is 10.6 Å². The van der Waals surface area contributed by atoms with Crippen molar-refractivity contribution in [3.05, 3.63) is 95.8 Å². The zero-order chi connectivity index (χ0) is 28.4. The summed E-state index contributed by atoms with van der Waals surface area (Å²) in [5.41, 5.74) is 1.94. The molecule has 3 rings (SSSR count). The monoisotopic (exact) mass is 553 g/mol. The summed E-state index contributed by atoms with van der Waals surface area (Å²) in [4.78, 5) is 28.6. The van der Waals surface area contributed by atoms with Crippen molar-refractivity contribution in [1.29, 1.82) is 0 Å². The SMILES string of the molecule is CCCCNC(=O)[C@H](CC)N(Cc1ccccc1C)C(=O)CN(c1ccc(F)cc1)S(=O)(=O)c1ccccc1. The predicted octanol–water partition coefficient (Wildman–Crippen LogP) is 5.05. The van der Waals surface area contributed by atoms with Gasteiger partial charge in [-0.2, -0.15) is 0 Å². The van der Waals surface area contributed by atoms with E-state index < -0.39 is 34.3 Å². The third-order valence-corrected chi connectivity index (χ3v) is 8.33. The van der Waals surface area contributed by atoms with Crippen LogP contribution in [-0.4, -0.2) is 44.3 Å². The van der Waals surface area contributed by atoms with Crippen LogP contribution in [0.5, 0.6) is 0 Å². The number of carbonyl (C=O) groups is 2. The van der Waals surface area contributed by atoms with E-state index in [1.165, 1.54) is 29.2 Å². The highest BCUT2D eigenvalue weighted by Gasteiger charge is 2.33. The fraction of sp³-hybridized carbons (Fsp3) is 0.333. The van der Waals surface area contributed by atoms with Crippen molar-refractivity contribution in [2.24, 2.45) is 0 Å². The van der Waals surface area contributed by atoms with Crippen molar-refractivity contribution in [2.45, 2.75) is 57.5 Å². The lowest BCUT2D eigenvalue weighted by atomic mass is 10.1. The fourth-order valence-electron chi connectivity index (χ4n) is 4.25. The molecule has 0 saturated heterocycles. The zero-order valence-electron chi connectivity index (χ0n) is 22.6. The summed E-state index contributed by atoms with van der Waals surface area (Å²) in [6, 6.07) is 19.5. The Morgan fingerprint density at radius 1 is 0.923 bits per heavy atom. The number of rotatable bonds is 13. The number of unbranched alkanes of at least 4 members (excludes halogenated alkanes) is 1. The first-order chi connectivity index (χ1) is 18.7. The standard InChI is InChI=1S/C30H36FN3O4S/c1-4-6-20-32-30(36)28(5-2)33(21-24-13-11-10-12-23(24)3)29(35)22-34(26-18-16-25(31)17-19-26)39(37,38)27-14-8-7-9-15-27/h7-19,28H,4-6,20-22H2,1-3H3,(H,32,36)/t28-/m0/s1. The largest absolute Gasteiger partial charge is 0.354 e. The zero-order valence-corrected chi connectivity index (χ0v) is 23.5. The summed E-state index contributed by atoms with van der Waals surface area (Å²) in [5, 5.41) is 2.91. The molecule has 0 aromatic heterocycles. The van der Waals surface area contributed by atoms with Gasteiger partial charge in [-0.3, -0.25) is 13.9 Å². The molecular weight excluding hydrogens is 517 g/mol. The van der Waals surface area contributed by atoms with E-state index >= 15 is 0 Å². The van der Waals surface area contributed by atoms with Gasteiger partial charge in [-0.15, -0.1) is 0 Å². The number of anilines is 1. The summed E-state index contributed by atoms with van der Waals surface area (Å²) < 4.78 is 42.1. The molecule has 2 amide bonds. The minimum absolute atomic E-state index is 0.00284. The Morgan fingerprint density at radius 3 is 2.18 bits per heavy atom. The van der Waals surface area contributed by atoms with Crippen molar-refractivity contribution in [2.75, 3.05) is 17.4 Å². The number of nitrogens with zero attached hydrogens (tertiary/aromatic N) is 2. The third-order valence-electron chi connectivity index (χ3n) is 6.54. The van der Waals surface area contributed by atoms with Gasteiger partial charge in [0.15, 0.2) is 0 Å². The molecule has 39 heavy (non-hydrogen) atoms. The molecule has 208 valence electrons. The molecular formula is C30H36FN3O4S. The van der Waals surface area contributed by atoms with Gasteiger partial charge in [0.25, 0.3) is 10.0 Å². The lowest BCUT2D eigenvalue weighted by Crippen LogP contribution is -2.52. The van der Waals surface area contributed by atoms with Crippen molar-refractivity contribution < 1.29 is 22.4 Å². The summed E-state index contributed by atoms with van der Waals surface area (Å²) in [6.07, 6.45) is 2.06. The van der Waals surface area contributed by atoms with Crippen LogP contribution < -0.4 is 9.62 Å². The van der Waals surface area contributed by atoms with E-state index in [0.717, 1.165) is 40.4 Å². The molecule has 0 aliphatic rings. The van der Waals surface area contributed by atoms with Gasteiger partial charge in [0.1, 0.15) is 18.4 Å². The van der Waals surface area contributed by atoms with Crippen LogP contribution >= 0.6 is 0 Å². The predicted molar refractivity (Wildman–Crippen MR) is 151 cm³/mol. The minimum Gasteiger partial charge on any atom is -0.354 e. The molecule has 9 heteroatoms. The summed E-state index contributed by atoms with van der Waals surface area (Å²) >= 11 is 0. The maximum Gasteiger partial charge on any atom is 0.264 e. The number of aryl methyl sites for hydroxylation is 1. The van der Waals surface area contributed by atoms with Crippen LogP contribution in [0.25, 0.3) is 0 Å². The molecule has 1 atom stereocenters. The van der Waals surface area contributed by atoms with Gasteiger partial charge in [-0.05, 0) is 67.3 Å². The molecule has 0 fully saturated rings.